The average molecular weight is 271 g/mol. The molecule has 102 valence electrons. The van der Waals surface area contributed by atoms with Crippen LogP contribution in [0.4, 0.5) is 0 Å². The monoisotopic (exact) mass is 271 g/mol. The molecule has 0 atom stereocenters. The molecule has 6 nitrogen and oxygen atoms in total. The molecule has 1 amide bonds. The van der Waals surface area contributed by atoms with Gasteiger partial charge in [-0.15, -0.1) is 10.2 Å². The zero-order chi connectivity index (χ0) is 13.9. The summed E-state index contributed by atoms with van der Waals surface area (Å²) in [5.74, 6) is 6.88. The molecule has 0 radical (unpaired) electrons. The summed E-state index contributed by atoms with van der Waals surface area (Å²) in [6.07, 6.45) is 0. The molecule has 0 unspecified atom stereocenters. The second kappa shape index (κ2) is 5.60. The lowest BCUT2D eigenvalue weighted by atomic mass is 9.96. The van der Waals surface area contributed by atoms with E-state index in [0.29, 0.717) is 11.0 Å². The number of hydrogen-bond acceptors (Lipinski definition) is 5. The first-order valence-electron chi connectivity index (χ1n) is 5.85. The maximum atomic E-state index is 11.5. The van der Waals surface area contributed by atoms with Crippen LogP contribution in [0.2, 0.25) is 0 Å². The standard InChI is InChI=1S/C11H21N5OS/c1-7(2)13-8(17)6-18-10-15-14-9(16(10)12)11(3,4)5/h7H,6,12H2,1-5H3,(H,13,17). The molecule has 1 rings (SSSR count). The molecule has 0 spiro atoms. The van der Waals surface area contributed by atoms with Crippen molar-refractivity contribution < 1.29 is 4.79 Å². The Morgan fingerprint density at radius 3 is 2.50 bits per heavy atom. The topological polar surface area (TPSA) is 85.8 Å². The summed E-state index contributed by atoms with van der Waals surface area (Å²) in [5.41, 5.74) is -0.166. The number of nitrogens with zero attached hydrogens (tertiary/aromatic N) is 3. The highest BCUT2D eigenvalue weighted by atomic mass is 32.2. The number of nitrogens with two attached hydrogens (primary N) is 1. The van der Waals surface area contributed by atoms with Gasteiger partial charge in [-0.1, -0.05) is 32.5 Å². The summed E-state index contributed by atoms with van der Waals surface area (Å²) in [6, 6.07) is 0.138. The minimum Gasteiger partial charge on any atom is -0.353 e. The molecule has 0 saturated heterocycles. The summed E-state index contributed by atoms with van der Waals surface area (Å²) >= 11 is 1.29. The Morgan fingerprint density at radius 1 is 1.44 bits per heavy atom. The summed E-state index contributed by atoms with van der Waals surface area (Å²) in [4.78, 5) is 11.5. The lowest BCUT2D eigenvalue weighted by Crippen LogP contribution is -2.31. The van der Waals surface area contributed by atoms with Gasteiger partial charge in [0.2, 0.25) is 11.1 Å². The minimum atomic E-state index is -0.166. The third-order valence-corrected chi connectivity index (χ3v) is 3.06. The normalized spacial score (nSPS) is 11.9. The first-order valence-corrected chi connectivity index (χ1v) is 6.83. The molecule has 0 aromatic carbocycles. The maximum Gasteiger partial charge on any atom is 0.230 e. The highest BCUT2D eigenvalue weighted by Gasteiger charge is 2.23. The Bertz CT molecular complexity index is 422. The van der Waals surface area contributed by atoms with Crippen LogP contribution in [0.5, 0.6) is 0 Å². The number of carbonyl (C=O) groups is 1. The maximum absolute atomic E-state index is 11.5. The van der Waals surface area contributed by atoms with Crippen molar-refractivity contribution in [3.05, 3.63) is 5.82 Å². The van der Waals surface area contributed by atoms with Crippen molar-refractivity contribution in [1.82, 2.24) is 20.2 Å². The number of rotatable bonds is 4. The van der Waals surface area contributed by atoms with Crippen LogP contribution >= 0.6 is 11.8 Å². The molecular weight excluding hydrogens is 250 g/mol. The zero-order valence-corrected chi connectivity index (χ0v) is 12.3. The van der Waals surface area contributed by atoms with Crippen LogP contribution in [0, 0.1) is 0 Å². The van der Waals surface area contributed by atoms with E-state index in [2.05, 4.69) is 15.5 Å². The second-order valence-corrected chi connectivity index (χ2v) is 6.38. The van der Waals surface area contributed by atoms with Crippen molar-refractivity contribution in [1.29, 1.82) is 0 Å². The molecule has 1 heterocycles. The quantitative estimate of drug-likeness (QED) is 0.628. The molecule has 0 saturated carbocycles. The van der Waals surface area contributed by atoms with Gasteiger partial charge in [0.25, 0.3) is 0 Å². The van der Waals surface area contributed by atoms with Crippen LogP contribution in [0.15, 0.2) is 5.16 Å². The van der Waals surface area contributed by atoms with E-state index in [9.17, 15) is 4.79 Å². The lowest BCUT2D eigenvalue weighted by Gasteiger charge is -2.16. The van der Waals surface area contributed by atoms with E-state index < -0.39 is 0 Å². The number of nitrogen functional groups attached to an aromatic ring is 1. The zero-order valence-electron chi connectivity index (χ0n) is 11.5. The van der Waals surface area contributed by atoms with E-state index in [-0.39, 0.29) is 23.1 Å². The van der Waals surface area contributed by atoms with E-state index in [4.69, 9.17) is 5.84 Å². The predicted molar refractivity (Wildman–Crippen MR) is 72.9 cm³/mol. The third kappa shape index (κ3) is 3.90. The Kier molecular flexibility index (Phi) is 4.61. The van der Waals surface area contributed by atoms with Gasteiger partial charge in [-0.25, -0.2) is 4.68 Å². The van der Waals surface area contributed by atoms with Gasteiger partial charge in [-0.05, 0) is 13.8 Å². The van der Waals surface area contributed by atoms with E-state index in [1.807, 2.05) is 34.6 Å². The van der Waals surface area contributed by atoms with Crippen molar-refractivity contribution in [3.8, 4) is 0 Å². The second-order valence-electron chi connectivity index (χ2n) is 5.44. The molecule has 0 aliphatic rings. The van der Waals surface area contributed by atoms with Crippen LogP contribution in [-0.4, -0.2) is 32.6 Å². The highest BCUT2D eigenvalue weighted by molar-refractivity contribution is 7.99. The average Bonchev–Trinajstić information content (AvgIpc) is 2.55. The lowest BCUT2D eigenvalue weighted by molar-refractivity contribution is -0.119. The van der Waals surface area contributed by atoms with Gasteiger partial charge in [-0.3, -0.25) is 4.79 Å². The molecule has 1 aromatic rings. The molecule has 1 aromatic heterocycles. The molecule has 7 heteroatoms. The van der Waals surface area contributed by atoms with Gasteiger partial charge in [0.15, 0.2) is 5.82 Å². The number of amides is 1. The highest BCUT2D eigenvalue weighted by Crippen LogP contribution is 2.22. The van der Waals surface area contributed by atoms with Gasteiger partial charge >= 0.3 is 0 Å². The van der Waals surface area contributed by atoms with Crippen molar-refractivity contribution in [2.75, 3.05) is 11.6 Å². The first kappa shape index (κ1) is 14.8. The Labute approximate surface area is 112 Å². The number of hydrogen-bond donors (Lipinski definition) is 2. The first-order chi connectivity index (χ1) is 8.21. The summed E-state index contributed by atoms with van der Waals surface area (Å²) in [7, 11) is 0. The molecular formula is C11H21N5OS. The Balaban J connectivity index is 2.65. The molecule has 0 aliphatic carbocycles. The number of nitrogens with one attached hydrogen (secondary N) is 1. The smallest absolute Gasteiger partial charge is 0.230 e. The largest absolute Gasteiger partial charge is 0.353 e. The van der Waals surface area contributed by atoms with E-state index in [1.54, 1.807) is 0 Å². The fraction of sp³-hybridized carbons (Fsp3) is 0.727. The molecule has 0 aliphatic heterocycles. The third-order valence-electron chi connectivity index (χ3n) is 2.12. The van der Waals surface area contributed by atoms with Gasteiger partial charge in [0, 0.05) is 11.5 Å². The van der Waals surface area contributed by atoms with Gasteiger partial charge in [-0.2, -0.15) is 0 Å². The van der Waals surface area contributed by atoms with Crippen LogP contribution < -0.4 is 11.2 Å². The number of thioether (sulfide) groups is 1. The summed E-state index contributed by atoms with van der Waals surface area (Å²) in [6.45, 7) is 9.89. The Morgan fingerprint density at radius 2 is 2.06 bits per heavy atom. The molecule has 0 fully saturated rings. The van der Waals surface area contributed by atoms with Crippen LogP contribution in [-0.2, 0) is 10.2 Å². The van der Waals surface area contributed by atoms with Crippen LogP contribution in [0.1, 0.15) is 40.4 Å². The number of carbonyl (C=O) groups excluding carboxylic acids is 1. The Hall–Kier alpha value is -1.24. The fourth-order valence-electron chi connectivity index (χ4n) is 1.38. The van der Waals surface area contributed by atoms with Crippen molar-refractivity contribution >= 4 is 17.7 Å². The molecule has 0 bridgehead atoms. The SMILES string of the molecule is CC(C)NC(=O)CSc1nnc(C(C)(C)C)n1N. The molecule has 3 N–H and O–H groups in total. The number of aromatic nitrogens is 3. The van der Waals surface area contributed by atoms with E-state index in [0.717, 1.165) is 0 Å². The summed E-state index contributed by atoms with van der Waals surface area (Å²) in [5, 5.41) is 11.4. The van der Waals surface area contributed by atoms with Gasteiger partial charge < -0.3 is 11.2 Å². The predicted octanol–water partition coefficient (Wildman–Crippen LogP) is 0.906. The summed E-state index contributed by atoms with van der Waals surface area (Å²) < 4.78 is 1.45. The van der Waals surface area contributed by atoms with Crippen LogP contribution in [0.25, 0.3) is 0 Å². The van der Waals surface area contributed by atoms with Crippen molar-refractivity contribution in [2.24, 2.45) is 0 Å². The van der Waals surface area contributed by atoms with E-state index >= 15 is 0 Å². The van der Waals surface area contributed by atoms with E-state index in [1.165, 1.54) is 16.4 Å². The fourth-order valence-corrected chi connectivity index (χ4v) is 2.05. The molecule has 18 heavy (non-hydrogen) atoms. The minimum absolute atomic E-state index is 0.0321. The van der Waals surface area contributed by atoms with Gasteiger partial charge in [0.05, 0.1) is 5.75 Å². The van der Waals surface area contributed by atoms with Crippen molar-refractivity contribution in [3.63, 3.8) is 0 Å². The van der Waals surface area contributed by atoms with Crippen LogP contribution in [0.3, 0.4) is 0 Å². The van der Waals surface area contributed by atoms with Gasteiger partial charge in [0.1, 0.15) is 0 Å². The van der Waals surface area contributed by atoms with Crippen molar-refractivity contribution in [2.45, 2.75) is 51.2 Å².